The van der Waals surface area contributed by atoms with Gasteiger partial charge in [0.15, 0.2) is 0 Å². The fourth-order valence-corrected chi connectivity index (χ4v) is 2.51. The standard InChI is InChI=1S/C14H18N4O2S.C6H6/c1-10(17-9-18-14(15)20)12(21-2)13(19)16-8-11-6-4-3-5-7-11;1-2-4-6-5-3-1/h3-7,9H,8H2,1-2H3,(H,16,19)(H3,15,17,18,20);1-6H/b12-10-;. The molecule has 0 heterocycles. The second-order valence-corrected chi connectivity index (χ2v) is 6.02. The molecule has 0 saturated heterocycles. The van der Waals surface area contributed by atoms with Crippen LogP contribution in [0, 0.1) is 0 Å². The third-order valence-electron chi connectivity index (χ3n) is 3.17. The predicted molar refractivity (Wildman–Crippen MR) is 112 cm³/mol. The van der Waals surface area contributed by atoms with Crippen molar-refractivity contribution >= 4 is 30.0 Å². The fraction of sp³-hybridized carbons (Fsp3) is 0.150. The van der Waals surface area contributed by atoms with Crippen molar-refractivity contribution in [1.82, 2.24) is 10.6 Å². The van der Waals surface area contributed by atoms with Gasteiger partial charge < -0.3 is 11.1 Å². The zero-order valence-electron chi connectivity index (χ0n) is 15.4. The number of amides is 3. The largest absolute Gasteiger partial charge is 0.351 e. The van der Waals surface area contributed by atoms with Gasteiger partial charge >= 0.3 is 6.03 Å². The van der Waals surface area contributed by atoms with E-state index < -0.39 is 6.03 Å². The van der Waals surface area contributed by atoms with Gasteiger partial charge in [0.2, 0.25) is 0 Å². The Hall–Kier alpha value is -3.06. The molecule has 0 radical (unpaired) electrons. The van der Waals surface area contributed by atoms with Crippen molar-refractivity contribution in [3.63, 3.8) is 0 Å². The molecule has 4 N–H and O–H groups in total. The maximum absolute atomic E-state index is 12.1. The maximum Gasteiger partial charge on any atom is 0.317 e. The number of benzene rings is 2. The Bertz CT molecular complexity index is 735. The summed E-state index contributed by atoms with van der Waals surface area (Å²) < 4.78 is 0. The SMILES string of the molecule is CS/C(C(=O)NCc1ccccc1)=C(/C)N=CNC(N)=O.c1ccccc1. The average Bonchev–Trinajstić information content (AvgIpc) is 2.69. The van der Waals surface area contributed by atoms with Gasteiger partial charge in [-0.3, -0.25) is 10.1 Å². The summed E-state index contributed by atoms with van der Waals surface area (Å²) in [5.74, 6) is -0.208. The minimum Gasteiger partial charge on any atom is -0.351 e. The molecule has 0 fully saturated rings. The molecule has 2 aromatic rings. The molecule has 2 rings (SSSR count). The number of primary amides is 1. The van der Waals surface area contributed by atoms with Crippen molar-refractivity contribution in [1.29, 1.82) is 0 Å². The van der Waals surface area contributed by atoms with Crippen LogP contribution in [0.3, 0.4) is 0 Å². The monoisotopic (exact) mass is 384 g/mol. The number of rotatable bonds is 6. The lowest BCUT2D eigenvalue weighted by atomic mass is 10.2. The molecule has 0 aliphatic rings. The van der Waals surface area contributed by atoms with Crippen LogP contribution in [-0.2, 0) is 11.3 Å². The minimum absolute atomic E-state index is 0.208. The molecule has 0 saturated carbocycles. The van der Waals surface area contributed by atoms with Gasteiger partial charge in [0.25, 0.3) is 5.91 Å². The van der Waals surface area contributed by atoms with Crippen LogP contribution in [0.1, 0.15) is 12.5 Å². The second kappa shape index (κ2) is 13.2. The van der Waals surface area contributed by atoms with Gasteiger partial charge in [-0.15, -0.1) is 11.8 Å². The Morgan fingerprint density at radius 2 is 1.56 bits per heavy atom. The van der Waals surface area contributed by atoms with E-state index >= 15 is 0 Å². The van der Waals surface area contributed by atoms with E-state index in [4.69, 9.17) is 5.73 Å². The normalized spacial score (nSPS) is 11.0. The van der Waals surface area contributed by atoms with Gasteiger partial charge in [-0.1, -0.05) is 66.7 Å². The minimum atomic E-state index is -0.703. The van der Waals surface area contributed by atoms with Gasteiger partial charge in [0.05, 0.1) is 16.9 Å². The Morgan fingerprint density at radius 3 is 2.04 bits per heavy atom. The molecule has 142 valence electrons. The van der Waals surface area contributed by atoms with E-state index in [2.05, 4.69) is 15.6 Å². The number of carbonyl (C=O) groups excluding carboxylic acids is 2. The molecule has 27 heavy (non-hydrogen) atoms. The summed E-state index contributed by atoms with van der Waals surface area (Å²) in [6.07, 6.45) is 2.95. The van der Waals surface area contributed by atoms with Gasteiger partial charge in [-0.05, 0) is 18.7 Å². The Morgan fingerprint density at radius 1 is 1.04 bits per heavy atom. The summed E-state index contributed by atoms with van der Waals surface area (Å²) in [5.41, 5.74) is 6.44. The fourth-order valence-electron chi connectivity index (χ4n) is 1.90. The molecule has 0 bridgehead atoms. The number of nitrogens with two attached hydrogens (primary N) is 1. The van der Waals surface area contributed by atoms with E-state index in [1.165, 1.54) is 18.1 Å². The van der Waals surface area contributed by atoms with Crippen molar-refractivity contribution in [2.45, 2.75) is 13.5 Å². The van der Waals surface area contributed by atoms with Crippen LogP contribution < -0.4 is 16.4 Å². The number of allylic oxidation sites excluding steroid dienone is 1. The van der Waals surface area contributed by atoms with Crippen LogP contribution in [0.15, 0.2) is 82.3 Å². The first-order chi connectivity index (χ1) is 13.0. The lowest BCUT2D eigenvalue weighted by molar-refractivity contribution is -0.117. The Kier molecular flexibility index (Phi) is 10.7. The van der Waals surface area contributed by atoms with Crippen LogP contribution in [0.5, 0.6) is 0 Å². The number of hydrogen-bond donors (Lipinski definition) is 3. The highest BCUT2D eigenvalue weighted by atomic mass is 32.2. The molecule has 0 atom stereocenters. The first-order valence-corrected chi connectivity index (χ1v) is 9.42. The number of carbonyl (C=O) groups is 2. The molecule has 2 aromatic carbocycles. The molecular weight excluding hydrogens is 360 g/mol. The predicted octanol–water partition coefficient (Wildman–Crippen LogP) is 3.28. The molecule has 0 aromatic heterocycles. The number of urea groups is 1. The number of aliphatic imine (C=N–C) groups is 1. The highest BCUT2D eigenvalue weighted by molar-refractivity contribution is 8.03. The highest BCUT2D eigenvalue weighted by Gasteiger charge is 2.11. The van der Waals surface area contributed by atoms with E-state index in [9.17, 15) is 9.59 Å². The third-order valence-corrected chi connectivity index (χ3v) is 4.06. The summed E-state index contributed by atoms with van der Waals surface area (Å²) in [7, 11) is 0. The van der Waals surface area contributed by atoms with Crippen molar-refractivity contribution < 1.29 is 9.59 Å². The average molecular weight is 385 g/mol. The molecule has 0 aliphatic heterocycles. The van der Waals surface area contributed by atoms with Crippen LogP contribution in [-0.4, -0.2) is 24.5 Å². The van der Waals surface area contributed by atoms with E-state index in [0.29, 0.717) is 17.1 Å². The zero-order chi connectivity index (χ0) is 19.9. The number of thioether (sulfide) groups is 1. The van der Waals surface area contributed by atoms with Crippen molar-refractivity contribution in [2.75, 3.05) is 6.26 Å². The Balaban J connectivity index is 0.000000511. The van der Waals surface area contributed by atoms with Gasteiger partial charge in [0, 0.05) is 6.54 Å². The first-order valence-electron chi connectivity index (χ1n) is 8.20. The summed E-state index contributed by atoms with van der Waals surface area (Å²) in [6, 6.07) is 20.9. The van der Waals surface area contributed by atoms with Crippen LogP contribution in [0.4, 0.5) is 4.79 Å². The lowest BCUT2D eigenvalue weighted by Crippen LogP contribution is -2.28. The van der Waals surface area contributed by atoms with Crippen LogP contribution >= 0.6 is 11.8 Å². The van der Waals surface area contributed by atoms with Crippen molar-refractivity contribution in [2.24, 2.45) is 10.7 Å². The zero-order valence-corrected chi connectivity index (χ0v) is 16.2. The van der Waals surface area contributed by atoms with E-state index in [0.717, 1.165) is 5.56 Å². The number of nitrogens with one attached hydrogen (secondary N) is 2. The summed E-state index contributed by atoms with van der Waals surface area (Å²) in [4.78, 5) is 27.1. The molecule has 3 amide bonds. The molecular formula is C20H24N4O2S. The van der Waals surface area contributed by atoms with Crippen LogP contribution in [0.2, 0.25) is 0 Å². The molecule has 6 nitrogen and oxygen atoms in total. The quantitative estimate of drug-likeness (QED) is 0.405. The molecule has 7 heteroatoms. The smallest absolute Gasteiger partial charge is 0.317 e. The molecule has 0 aliphatic carbocycles. The van der Waals surface area contributed by atoms with Crippen LogP contribution in [0.25, 0.3) is 0 Å². The van der Waals surface area contributed by atoms with Crippen molar-refractivity contribution in [3.05, 3.63) is 82.9 Å². The lowest BCUT2D eigenvalue weighted by Gasteiger charge is -2.08. The second-order valence-electron chi connectivity index (χ2n) is 5.21. The van der Waals surface area contributed by atoms with Crippen molar-refractivity contribution in [3.8, 4) is 0 Å². The summed E-state index contributed by atoms with van der Waals surface area (Å²) >= 11 is 1.29. The number of nitrogens with zero attached hydrogens (tertiary/aromatic N) is 1. The topological polar surface area (TPSA) is 96.6 Å². The van der Waals surface area contributed by atoms with Gasteiger partial charge in [-0.25, -0.2) is 9.79 Å². The molecule has 0 spiro atoms. The maximum atomic E-state index is 12.1. The van der Waals surface area contributed by atoms with Gasteiger partial charge in [0.1, 0.15) is 0 Å². The summed E-state index contributed by atoms with van der Waals surface area (Å²) in [6.45, 7) is 2.13. The Labute approximate surface area is 164 Å². The number of hydrogen-bond acceptors (Lipinski definition) is 4. The molecule has 0 unspecified atom stereocenters. The summed E-state index contributed by atoms with van der Waals surface area (Å²) in [5, 5.41) is 5.05. The highest BCUT2D eigenvalue weighted by Crippen LogP contribution is 2.17. The van der Waals surface area contributed by atoms with E-state index in [-0.39, 0.29) is 5.91 Å². The van der Waals surface area contributed by atoms with Gasteiger partial charge in [-0.2, -0.15) is 0 Å². The first kappa shape index (κ1) is 22.0. The van der Waals surface area contributed by atoms with E-state index in [1.54, 1.807) is 13.2 Å². The van der Waals surface area contributed by atoms with E-state index in [1.807, 2.05) is 66.7 Å². The third kappa shape index (κ3) is 9.86.